The predicted molar refractivity (Wildman–Crippen MR) is 80.3 cm³/mol. The summed E-state index contributed by atoms with van der Waals surface area (Å²) in [5.41, 5.74) is 0.210. The summed E-state index contributed by atoms with van der Waals surface area (Å²) in [5, 5.41) is 13.1. The van der Waals surface area contributed by atoms with E-state index < -0.39 is 11.7 Å². The molecule has 0 aliphatic carbocycles. The Bertz CT molecular complexity index is 778. The van der Waals surface area contributed by atoms with Crippen LogP contribution < -0.4 is 4.90 Å². The highest BCUT2D eigenvalue weighted by molar-refractivity contribution is 5.55. The molecular weight excluding hydrogens is 321 g/mol. The fourth-order valence-electron chi connectivity index (χ4n) is 2.76. The Morgan fingerprint density at radius 3 is 2.79 bits per heavy atom. The maximum atomic E-state index is 12.9. The summed E-state index contributed by atoms with van der Waals surface area (Å²) in [4.78, 5) is 1.92. The molecule has 1 aliphatic rings. The standard InChI is InChI=1S/C16H15F3N4O/c1-22-9-12(8-21-22)15-10-23(4-5-24-15)13-2-3-14(16(17,18)19)11(6-13)7-20/h2-3,6,8-9,15H,4-5,10H2,1H3/t15-/m1/s1. The minimum Gasteiger partial charge on any atom is -0.370 e. The van der Waals surface area contributed by atoms with Gasteiger partial charge in [0.15, 0.2) is 0 Å². The van der Waals surface area contributed by atoms with Crippen molar-refractivity contribution < 1.29 is 17.9 Å². The van der Waals surface area contributed by atoms with E-state index in [0.29, 0.717) is 25.4 Å². The monoisotopic (exact) mass is 336 g/mol. The number of hydrogen-bond acceptors (Lipinski definition) is 4. The zero-order valence-corrected chi connectivity index (χ0v) is 12.9. The van der Waals surface area contributed by atoms with Crippen molar-refractivity contribution in [1.29, 1.82) is 5.26 Å². The van der Waals surface area contributed by atoms with E-state index in [1.807, 2.05) is 11.1 Å². The number of ether oxygens (including phenoxy) is 1. The number of benzene rings is 1. The summed E-state index contributed by atoms with van der Waals surface area (Å²) in [6, 6.07) is 5.28. The van der Waals surface area contributed by atoms with Crippen LogP contribution in [0, 0.1) is 11.3 Å². The molecule has 1 aromatic carbocycles. The molecule has 0 unspecified atom stereocenters. The molecule has 24 heavy (non-hydrogen) atoms. The van der Waals surface area contributed by atoms with Crippen LogP contribution in [0.15, 0.2) is 30.6 Å². The van der Waals surface area contributed by atoms with E-state index in [4.69, 9.17) is 10.00 Å². The van der Waals surface area contributed by atoms with Crippen molar-refractivity contribution in [2.45, 2.75) is 12.3 Å². The van der Waals surface area contributed by atoms with Crippen molar-refractivity contribution in [1.82, 2.24) is 9.78 Å². The molecule has 0 N–H and O–H groups in total. The summed E-state index contributed by atoms with van der Waals surface area (Å²) >= 11 is 0. The lowest BCUT2D eigenvalue weighted by molar-refractivity contribution is -0.137. The van der Waals surface area contributed by atoms with E-state index in [2.05, 4.69) is 5.10 Å². The fourth-order valence-corrected chi connectivity index (χ4v) is 2.76. The maximum Gasteiger partial charge on any atom is 0.417 e. The van der Waals surface area contributed by atoms with Crippen LogP contribution in [-0.2, 0) is 18.0 Å². The van der Waals surface area contributed by atoms with Crippen LogP contribution in [0.5, 0.6) is 0 Å². The first-order chi connectivity index (χ1) is 11.4. The normalized spacial score (nSPS) is 18.5. The van der Waals surface area contributed by atoms with Crippen molar-refractivity contribution in [2.75, 3.05) is 24.6 Å². The molecule has 2 aromatic rings. The van der Waals surface area contributed by atoms with Gasteiger partial charge in [-0.1, -0.05) is 0 Å². The van der Waals surface area contributed by atoms with Crippen LogP contribution in [0.4, 0.5) is 18.9 Å². The first kappa shape index (κ1) is 16.3. The van der Waals surface area contributed by atoms with Crippen LogP contribution >= 0.6 is 0 Å². The lowest BCUT2D eigenvalue weighted by Gasteiger charge is -2.34. The zero-order valence-electron chi connectivity index (χ0n) is 12.9. The van der Waals surface area contributed by atoms with Gasteiger partial charge >= 0.3 is 6.18 Å². The fraction of sp³-hybridized carbons (Fsp3) is 0.375. The van der Waals surface area contributed by atoms with Crippen molar-refractivity contribution >= 4 is 5.69 Å². The van der Waals surface area contributed by atoms with Gasteiger partial charge in [-0.3, -0.25) is 4.68 Å². The minimum absolute atomic E-state index is 0.208. The molecule has 1 saturated heterocycles. The highest BCUT2D eigenvalue weighted by Gasteiger charge is 2.34. The number of aryl methyl sites for hydroxylation is 1. The number of halogens is 3. The SMILES string of the molecule is Cn1cc([C@H]2CN(c3ccc(C(F)(F)F)c(C#N)c3)CCO2)cn1. The van der Waals surface area contributed by atoms with Gasteiger partial charge < -0.3 is 9.64 Å². The molecule has 8 heteroatoms. The highest BCUT2D eigenvalue weighted by Crippen LogP contribution is 2.34. The summed E-state index contributed by atoms with van der Waals surface area (Å²) in [7, 11) is 1.80. The molecule has 1 aliphatic heterocycles. The quantitative estimate of drug-likeness (QED) is 0.846. The molecule has 0 spiro atoms. The van der Waals surface area contributed by atoms with Crippen LogP contribution in [0.1, 0.15) is 22.8 Å². The summed E-state index contributed by atoms with van der Waals surface area (Å²) < 4.78 is 46.1. The molecule has 1 aromatic heterocycles. The van der Waals surface area contributed by atoms with Crippen LogP contribution in [0.25, 0.3) is 0 Å². The third kappa shape index (κ3) is 3.21. The average Bonchev–Trinajstić information content (AvgIpc) is 3.00. The maximum absolute atomic E-state index is 12.9. The predicted octanol–water partition coefficient (Wildman–Crippen LogP) is 2.89. The van der Waals surface area contributed by atoms with E-state index in [9.17, 15) is 13.2 Å². The Morgan fingerprint density at radius 1 is 1.38 bits per heavy atom. The largest absolute Gasteiger partial charge is 0.417 e. The number of nitrogens with zero attached hydrogens (tertiary/aromatic N) is 4. The van der Waals surface area contributed by atoms with Crippen molar-refractivity contribution in [3.8, 4) is 6.07 Å². The Labute approximate surface area is 136 Å². The van der Waals surface area contributed by atoms with Crippen LogP contribution in [0.3, 0.4) is 0 Å². The lowest BCUT2D eigenvalue weighted by Crippen LogP contribution is -2.38. The van der Waals surface area contributed by atoms with E-state index in [-0.39, 0.29) is 11.7 Å². The molecule has 3 rings (SSSR count). The second-order valence-corrected chi connectivity index (χ2v) is 5.59. The molecule has 1 fully saturated rings. The zero-order chi connectivity index (χ0) is 17.3. The van der Waals surface area contributed by atoms with Gasteiger partial charge in [0.1, 0.15) is 6.10 Å². The number of rotatable bonds is 2. The Morgan fingerprint density at radius 2 is 2.17 bits per heavy atom. The third-order valence-corrected chi connectivity index (χ3v) is 3.96. The van der Waals surface area contributed by atoms with Crippen molar-refractivity contribution in [3.63, 3.8) is 0 Å². The molecule has 0 amide bonds. The van der Waals surface area contributed by atoms with E-state index in [0.717, 1.165) is 11.6 Å². The first-order valence-electron chi connectivity index (χ1n) is 7.35. The van der Waals surface area contributed by atoms with Gasteiger partial charge in [-0.2, -0.15) is 23.5 Å². The van der Waals surface area contributed by atoms with Gasteiger partial charge in [0.25, 0.3) is 0 Å². The third-order valence-electron chi connectivity index (χ3n) is 3.96. The number of morpholine rings is 1. The number of anilines is 1. The van der Waals surface area contributed by atoms with Gasteiger partial charge in [0, 0.05) is 37.6 Å². The molecule has 1 atom stereocenters. The van der Waals surface area contributed by atoms with Crippen molar-refractivity contribution in [3.05, 3.63) is 47.3 Å². The minimum atomic E-state index is -4.53. The number of nitriles is 1. The average molecular weight is 336 g/mol. The molecule has 5 nitrogen and oxygen atoms in total. The second-order valence-electron chi connectivity index (χ2n) is 5.59. The van der Waals surface area contributed by atoms with Gasteiger partial charge in [0.05, 0.1) is 30.0 Å². The summed E-state index contributed by atoms with van der Waals surface area (Å²) in [6.45, 7) is 1.48. The van der Waals surface area contributed by atoms with Crippen LogP contribution in [0.2, 0.25) is 0 Å². The van der Waals surface area contributed by atoms with Gasteiger partial charge in [0.2, 0.25) is 0 Å². The topological polar surface area (TPSA) is 54.1 Å². The molecule has 2 heterocycles. The number of alkyl halides is 3. The summed E-state index contributed by atoms with van der Waals surface area (Å²) in [6.07, 6.45) is -1.18. The van der Waals surface area contributed by atoms with Crippen LogP contribution in [-0.4, -0.2) is 29.5 Å². The number of aromatic nitrogens is 2. The molecule has 0 radical (unpaired) electrons. The Kier molecular flexibility index (Phi) is 4.20. The number of hydrogen-bond donors (Lipinski definition) is 0. The Hall–Kier alpha value is -2.53. The molecule has 0 saturated carbocycles. The summed E-state index contributed by atoms with van der Waals surface area (Å²) in [5.74, 6) is 0. The first-order valence-corrected chi connectivity index (χ1v) is 7.35. The molecule has 126 valence electrons. The molecule has 0 bridgehead atoms. The van der Waals surface area contributed by atoms with E-state index in [1.54, 1.807) is 24.0 Å². The van der Waals surface area contributed by atoms with Gasteiger partial charge in [-0.15, -0.1) is 0 Å². The highest BCUT2D eigenvalue weighted by atomic mass is 19.4. The van der Waals surface area contributed by atoms with Gasteiger partial charge in [-0.05, 0) is 18.2 Å². The molecular formula is C16H15F3N4O. The second kappa shape index (κ2) is 6.17. The van der Waals surface area contributed by atoms with Crippen molar-refractivity contribution in [2.24, 2.45) is 7.05 Å². The Balaban J connectivity index is 1.85. The van der Waals surface area contributed by atoms with Gasteiger partial charge in [-0.25, -0.2) is 0 Å². The van der Waals surface area contributed by atoms with E-state index in [1.165, 1.54) is 12.1 Å². The lowest BCUT2D eigenvalue weighted by atomic mass is 10.1. The smallest absolute Gasteiger partial charge is 0.370 e. The van der Waals surface area contributed by atoms with E-state index >= 15 is 0 Å².